The van der Waals surface area contributed by atoms with Crippen LogP contribution in [0, 0.1) is 11.8 Å². The van der Waals surface area contributed by atoms with Crippen LogP contribution in [0.2, 0.25) is 0 Å². The fraction of sp³-hybridized carbons (Fsp3) is 0.722. The Morgan fingerprint density at radius 1 is 1.33 bits per heavy atom. The van der Waals surface area contributed by atoms with Crippen molar-refractivity contribution in [2.24, 2.45) is 11.8 Å². The second-order valence-electron chi connectivity index (χ2n) is 8.32. The molecule has 3 heterocycles. The summed E-state index contributed by atoms with van der Waals surface area (Å²) in [6, 6.07) is 0.431. The van der Waals surface area contributed by atoms with Crippen LogP contribution in [0.15, 0.2) is 12.7 Å². The second-order valence-corrected chi connectivity index (χ2v) is 8.63. The molecule has 2 bridgehead atoms. The van der Waals surface area contributed by atoms with Gasteiger partial charge in [0, 0.05) is 6.04 Å². The number of ether oxygens (including phenoxy) is 1. The quantitative estimate of drug-likeness (QED) is 0.678. The number of fused-ring (bicyclic) bond motifs is 3. The zero-order valence-electron chi connectivity index (χ0n) is 15.1. The summed E-state index contributed by atoms with van der Waals surface area (Å²) in [5.74, 6) is 2.34. The zero-order valence-corrected chi connectivity index (χ0v) is 15.9. The topological polar surface area (TPSA) is 105 Å². The van der Waals surface area contributed by atoms with Crippen molar-refractivity contribution in [2.75, 3.05) is 11.2 Å². The standard InChI is InChI=1S/C18H24ClN5O3/c1-18(26)14(25)12(6-19)27-17(18)24-8-22-13-15(20-7-21-16(13)24)23-11-5-9-2-3-10(11)4-9/h7-12,14,17,25-26H,2-6H2,1H3,(H,20,21,23)/t9?,10?,11?,12-,14-,17-,18-/m1/s1. The molecule has 1 aliphatic heterocycles. The Balaban J connectivity index is 1.47. The molecule has 146 valence electrons. The lowest BCUT2D eigenvalue weighted by molar-refractivity contribution is -0.0935. The van der Waals surface area contributed by atoms with Crippen molar-refractivity contribution in [2.45, 2.75) is 62.7 Å². The van der Waals surface area contributed by atoms with Gasteiger partial charge in [0.25, 0.3) is 0 Å². The Morgan fingerprint density at radius 2 is 2.19 bits per heavy atom. The molecule has 5 rings (SSSR count). The van der Waals surface area contributed by atoms with E-state index in [-0.39, 0.29) is 5.88 Å². The van der Waals surface area contributed by atoms with Crippen LogP contribution in [0.3, 0.4) is 0 Å². The van der Waals surface area contributed by atoms with E-state index in [4.69, 9.17) is 16.3 Å². The van der Waals surface area contributed by atoms with E-state index < -0.39 is 24.0 Å². The summed E-state index contributed by atoms with van der Waals surface area (Å²) in [7, 11) is 0. The van der Waals surface area contributed by atoms with Gasteiger partial charge < -0.3 is 20.3 Å². The van der Waals surface area contributed by atoms with Crippen molar-refractivity contribution in [3.05, 3.63) is 12.7 Å². The minimum Gasteiger partial charge on any atom is -0.387 e. The maximum atomic E-state index is 10.8. The number of imidazole rings is 1. The number of nitrogens with zero attached hydrogens (tertiary/aromatic N) is 4. The average molecular weight is 394 g/mol. The molecule has 2 saturated carbocycles. The first kappa shape index (κ1) is 17.6. The number of aliphatic hydroxyl groups is 2. The third kappa shape index (κ3) is 2.65. The predicted molar refractivity (Wildman–Crippen MR) is 99.4 cm³/mol. The highest BCUT2D eigenvalue weighted by molar-refractivity contribution is 6.18. The monoisotopic (exact) mass is 393 g/mol. The van der Waals surface area contributed by atoms with E-state index in [9.17, 15) is 10.2 Å². The number of hydrogen-bond donors (Lipinski definition) is 3. The Hall–Kier alpha value is -1.48. The summed E-state index contributed by atoms with van der Waals surface area (Å²) in [6.45, 7) is 1.54. The van der Waals surface area contributed by atoms with Gasteiger partial charge in [-0.1, -0.05) is 6.42 Å². The number of aromatic nitrogens is 4. The molecule has 0 spiro atoms. The van der Waals surface area contributed by atoms with Gasteiger partial charge in [-0.05, 0) is 38.0 Å². The molecule has 3 N–H and O–H groups in total. The highest BCUT2D eigenvalue weighted by Crippen LogP contribution is 2.46. The minimum absolute atomic E-state index is 0.0898. The van der Waals surface area contributed by atoms with Crippen LogP contribution in [0.4, 0.5) is 5.82 Å². The fourth-order valence-corrected chi connectivity index (χ4v) is 5.34. The molecular weight excluding hydrogens is 370 g/mol. The third-order valence-corrected chi connectivity index (χ3v) is 6.88. The molecule has 27 heavy (non-hydrogen) atoms. The summed E-state index contributed by atoms with van der Waals surface area (Å²) in [4.78, 5) is 13.2. The number of nitrogens with one attached hydrogen (secondary N) is 1. The van der Waals surface area contributed by atoms with Crippen LogP contribution < -0.4 is 5.32 Å². The van der Waals surface area contributed by atoms with E-state index in [1.54, 1.807) is 10.9 Å². The van der Waals surface area contributed by atoms with Gasteiger partial charge in [0.15, 0.2) is 23.2 Å². The van der Waals surface area contributed by atoms with Crippen molar-refractivity contribution in [1.29, 1.82) is 0 Å². The summed E-state index contributed by atoms with van der Waals surface area (Å²) in [6.07, 6.45) is 5.60. The number of alkyl halides is 1. The van der Waals surface area contributed by atoms with Gasteiger partial charge in [-0.3, -0.25) is 4.57 Å². The van der Waals surface area contributed by atoms with Gasteiger partial charge >= 0.3 is 0 Å². The van der Waals surface area contributed by atoms with Gasteiger partial charge in [-0.25, -0.2) is 15.0 Å². The predicted octanol–water partition coefficient (Wildman–Crippen LogP) is 1.67. The summed E-state index contributed by atoms with van der Waals surface area (Å²) < 4.78 is 7.47. The Bertz CT molecular complexity index is 859. The minimum atomic E-state index is -1.50. The lowest BCUT2D eigenvalue weighted by Crippen LogP contribution is -2.43. The first-order valence-electron chi connectivity index (χ1n) is 9.55. The molecule has 0 aromatic carbocycles. The molecule has 3 unspecified atom stereocenters. The van der Waals surface area contributed by atoms with E-state index in [0.717, 1.165) is 5.92 Å². The van der Waals surface area contributed by atoms with E-state index in [1.165, 1.54) is 38.9 Å². The Kier molecular flexibility index (Phi) is 4.09. The lowest BCUT2D eigenvalue weighted by atomic mass is 9.95. The molecule has 8 nitrogen and oxygen atoms in total. The van der Waals surface area contributed by atoms with Crippen molar-refractivity contribution in [3.63, 3.8) is 0 Å². The van der Waals surface area contributed by atoms with Gasteiger partial charge in [-0.2, -0.15) is 0 Å². The second kappa shape index (κ2) is 6.27. The maximum Gasteiger partial charge on any atom is 0.168 e. The molecule has 1 saturated heterocycles. The number of rotatable bonds is 4. The molecule has 0 amide bonds. The van der Waals surface area contributed by atoms with Crippen molar-refractivity contribution in [3.8, 4) is 0 Å². The third-order valence-electron chi connectivity index (χ3n) is 6.58. The SMILES string of the molecule is C[C@@]1(O)[C@H](O)[C@@H](CCl)O[C@H]1n1cnc2c(NC3CC4CCC3C4)ncnc21. The van der Waals surface area contributed by atoms with Crippen LogP contribution >= 0.6 is 11.6 Å². The van der Waals surface area contributed by atoms with Crippen LogP contribution in [0.25, 0.3) is 11.2 Å². The maximum absolute atomic E-state index is 10.8. The van der Waals surface area contributed by atoms with Gasteiger partial charge in [0.05, 0.1) is 12.2 Å². The molecule has 3 aliphatic rings. The van der Waals surface area contributed by atoms with Crippen LogP contribution in [-0.4, -0.2) is 59.5 Å². The average Bonchev–Trinajstić information content (AvgIpc) is 3.40. The van der Waals surface area contributed by atoms with Crippen LogP contribution in [-0.2, 0) is 4.74 Å². The van der Waals surface area contributed by atoms with E-state index in [2.05, 4.69) is 20.3 Å². The van der Waals surface area contributed by atoms with Gasteiger partial charge in [-0.15, -0.1) is 11.6 Å². The summed E-state index contributed by atoms with van der Waals surface area (Å²) in [5, 5.41) is 24.7. The first-order chi connectivity index (χ1) is 13.0. The molecule has 7 atom stereocenters. The number of halogens is 1. The van der Waals surface area contributed by atoms with Gasteiger partial charge in [0.1, 0.15) is 24.1 Å². The number of aliphatic hydroxyl groups excluding tert-OH is 1. The fourth-order valence-electron chi connectivity index (χ4n) is 5.09. The van der Waals surface area contributed by atoms with Gasteiger partial charge in [0.2, 0.25) is 0 Å². The smallest absolute Gasteiger partial charge is 0.168 e. The highest BCUT2D eigenvalue weighted by Gasteiger charge is 2.53. The molecule has 2 aliphatic carbocycles. The highest BCUT2D eigenvalue weighted by atomic mass is 35.5. The lowest BCUT2D eigenvalue weighted by Gasteiger charge is -2.27. The molecule has 2 aromatic heterocycles. The Labute approximate surface area is 161 Å². The van der Waals surface area contributed by atoms with E-state index in [0.29, 0.717) is 28.9 Å². The molecule has 2 aromatic rings. The molecular formula is C18H24ClN5O3. The summed E-state index contributed by atoms with van der Waals surface area (Å²) >= 11 is 5.87. The summed E-state index contributed by atoms with van der Waals surface area (Å²) in [5.41, 5.74) is -0.303. The zero-order chi connectivity index (χ0) is 18.8. The first-order valence-corrected chi connectivity index (χ1v) is 10.1. The van der Waals surface area contributed by atoms with Crippen LogP contribution in [0.1, 0.15) is 38.8 Å². The van der Waals surface area contributed by atoms with E-state index >= 15 is 0 Å². The van der Waals surface area contributed by atoms with Crippen LogP contribution in [0.5, 0.6) is 0 Å². The number of anilines is 1. The van der Waals surface area contributed by atoms with Crippen molar-refractivity contribution < 1.29 is 14.9 Å². The van der Waals surface area contributed by atoms with Crippen molar-refractivity contribution >= 4 is 28.6 Å². The molecule has 9 heteroatoms. The molecule has 0 radical (unpaired) electrons. The molecule has 3 fully saturated rings. The Morgan fingerprint density at radius 3 is 2.85 bits per heavy atom. The normalized spacial score (nSPS) is 40.9. The van der Waals surface area contributed by atoms with Crippen molar-refractivity contribution in [1.82, 2.24) is 19.5 Å². The number of hydrogen-bond acceptors (Lipinski definition) is 7. The largest absolute Gasteiger partial charge is 0.387 e. The van der Waals surface area contributed by atoms with E-state index in [1.807, 2.05) is 0 Å².